The second-order valence-corrected chi connectivity index (χ2v) is 10.4. The highest BCUT2D eigenvalue weighted by Crippen LogP contribution is 2.42. The van der Waals surface area contributed by atoms with E-state index in [1.165, 1.54) is 36.7 Å². The highest BCUT2D eigenvalue weighted by Gasteiger charge is 2.35. The number of rotatable bonds is 10. The van der Waals surface area contributed by atoms with Gasteiger partial charge < -0.3 is 9.47 Å². The molecule has 2 aromatic rings. The van der Waals surface area contributed by atoms with E-state index in [1.54, 1.807) is 42.3 Å². The van der Waals surface area contributed by atoms with Crippen molar-refractivity contribution < 1.29 is 23.5 Å². The molecule has 198 valence electrons. The van der Waals surface area contributed by atoms with Gasteiger partial charge in [-0.05, 0) is 80.0 Å². The molecule has 0 N–H and O–H groups in total. The van der Waals surface area contributed by atoms with Crippen LogP contribution < -0.4 is 4.90 Å². The van der Waals surface area contributed by atoms with Crippen LogP contribution in [0, 0.1) is 18.7 Å². The zero-order chi connectivity index (χ0) is 26.7. The Labute approximate surface area is 219 Å². The van der Waals surface area contributed by atoms with Crippen molar-refractivity contribution in [3.8, 4) is 0 Å². The lowest BCUT2D eigenvalue weighted by Gasteiger charge is -2.26. The molecule has 1 amide bonds. The van der Waals surface area contributed by atoms with E-state index < -0.39 is 0 Å². The predicted molar refractivity (Wildman–Crippen MR) is 146 cm³/mol. The number of hydrogen-bond acceptors (Lipinski definition) is 5. The summed E-state index contributed by atoms with van der Waals surface area (Å²) in [6, 6.07) is 11.4. The van der Waals surface area contributed by atoms with Crippen LogP contribution in [0.5, 0.6) is 0 Å². The number of amides is 1. The molecule has 7 heteroatoms. The molecule has 2 aromatic carbocycles. The van der Waals surface area contributed by atoms with Crippen molar-refractivity contribution in [2.24, 2.45) is 5.92 Å². The molecule has 1 heterocycles. The van der Waals surface area contributed by atoms with E-state index in [9.17, 15) is 14.0 Å². The highest BCUT2D eigenvalue weighted by molar-refractivity contribution is 8.00. The second kappa shape index (κ2) is 15.0. The summed E-state index contributed by atoms with van der Waals surface area (Å²) in [7, 11) is 1.80. The third-order valence-corrected chi connectivity index (χ3v) is 7.22. The summed E-state index contributed by atoms with van der Waals surface area (Å²) >= 11 is 1.50. The number of halogens is 1. The maximum Gasteiger partial charge on any atom is 0.338 e. The largest absolute Gasteiger partial charge is 0.462 e. The van der Waals surface area contributed by atoms with E-state index in [0.717, 1.165) is 35.6 Å². The standard InChI is InChI=1S/C20H20FNO3S.C9H20O/c1-3-10-25-20(24)15-6-9-17(13(2)11-15)22-18(23)12-26-19(22)14-4-7-16(21)8-5-14;1-5-9(10-4)7-6-8(2)3/h4-9,11,19H,3,10,12H2,1-2H3;8-9H,5-7H2,1-4H3. The molecule has 36 heavy (non-hydrogen) atoms. The summed E-state index contributed by atoms with van der Waals surface area (Å²) in [6.45, 7) is 10.9. The minimum Gasteiger partial charge on any atom is -0.462 e. The van der Waals surface area contributed by atoms with Crippen LogP contribution in [0.2, 0.25) is 0 Å². The first-order valence-electron chi connectivity index (χ1n) is 12.7. The quantitative estimate of drug-likeness (QED) is 0.309. The number of hydrogen-bond donors (Lipinski definition) is 0. The summed E-state index contributed by atoms with van der Waals surface area (Å²) in [4.78, 5) is 26.2. The van der Waals surface area contributed by atoms with Crippen molar-refractivity contribution in [1.82, 2.24) is 0 Å². The van der Waals surface area contributed by atoms with Crippen LogP contribution in [0.25, 0.3) is 0 Å². The summed E-state index contributed by atoms with van der Waals surface area (Å²) in [6.07, 6.45) is 4.89. The number of thioether (sulfide) groups is 1. The van der Waals surface area contributed by atoms with Crippen LogP contribution in [-0.4, -0.2) is 37.4 Å². The molecule has 1 aliphatic heterocycles. The molecule has 3 rings (SSSR count). The number of carbonyl (C=O) groups is 2. The number of aryl methyl sites for hydroxylation is 1. The lowest BCUT2D eigenvalue weighted by molar-refractivity contribution is -0.115. The smallest absolute Gasteiger partial charge is 0.338 e. The molecular weight excluding hydrogens is 477 g/mol. The summed E-state index contributed by atoms with van der Waals surface area (Å²) in [5.74, 6) is 0.499. The Bertz CT molecular complexity index is 976. The second-order valence-electron chi connectivity index (χ2n) is 9.35. The Morgan fingerprint density at radius 3 is 2.39 bits per heavy atom. The normalized spacial score (nSPS) is 16.1. The number of esters is 1. The maximum atomic E-state index is 13.2. The van der Waals surface area contributed by atoms with Crippen LogP contribution >= 0.6 is 11.8 Å². The number of benzene rings is 2. The van der Waals surface area contributed by atoms with Gasteiger partial charge in [-0.2, -0.15) is 0 Å². The summed E-state index contributed by atoms with van der Waals surface area (Å²) in [5.41, 5.74) is 2.91. The third kappa shape index (κ3) is 8.63. The van der Waals surface area contributed by atoms with E-state index in [4.69, 9.17) is 9.47 Å². The Morgan fingerprint density at radius 1 is 1.14 bits per heavy atom. The maximum absolute atomic E-state index is 13.2. The van der Waals surface area contributed by atoms with E-state index >= 15 is 0 Å². The fourth-order valence-electron chi connectivity index (χ4n) is 3.90. The van der Waals surface area contributed by atoms with E-state index in [1.807, 2.05) is 13.8 Å². The molecule has 0 aliphatic carbocycles. The lowest BCUT2D eigenvalue weighted by atomic mass is 10.0. The van der Waals surface area contributed by atoms with Gasteiger partial charge in [0.2, 0.25) is 5.91 Å². The molecule has 1 fully saturated rings. The molecule has 0 saturated carbocycles. The van der Waals surface area contributed by atoms with Gasteiger partial charge in [0.05, 0.1) is 24.0 Å². The molecule has 1 aliphatic rings. The van der Waals surface area contributed by atoms with Crippen LogP contribution in [0.15, 0.2) is 42.5 Å². The molecular formula is C29H40FNO4S. The monoisotopic (exact) mass is 517 g/mol. The third-order valence-electron chi connectivity index (χ3n) is 6.01. The van der Waals surface area contributed by atoms with Gasteiger partial charge in [0.15, 0.2) is 0 Å². The number of ether oxygens (including phenoxy) is 2. The fourth-order valence-corrected chi connectivity index (χ4v) is 5.07. The van der Waals surface area contributed by atoms with Gasteiger partial charge in [-0.15, -0.1) is 11.8 Å². The molecule has 0 spiro atoms. The van der Waals surface area contributed by atoms with Crippen LogP contribution in [-0.2, 0) is 14.3 Å². The topological polar surface area (TPSA) is 55.8 Å². The van der Waals surface area contributed by atoms with Gasteiger partial charge >= 0.3 is 5.97 Å². The fraction of sp³-hybridized carbons (Fsp3) is 0.517. The van der Waals surface area contributed by atoms with Crippen molar-refractivity contribution in [2.45, 2.75) is 71.8 Å². The summed E-state index contributed by atoms with van der Waals surface area (Å²) in [5, 5.41) is -0.209. The van der Waals surface area contributed by atoms with Gasteiger partial charge in [0.1, 0.15) is 11.2 Å². The summed E-state index contributed by atoms with van der Waals surface area (Å²) < 4.78 is 23.6. The molecule has 2 unspecified atom stereocenters. The first-order chi connectivity index (χ1) is 17.2. The average molecular weight is 518 g/mol. The Kier molecular flexibility index (Phi) is 12.4. The Balaban J connectivity index is 0.000000388. The zero-order valence-corrected chi connectivity index (χ0v) is 23.2. The lowest BCUT2D eigenvalue weighted by Crippen LogP contribution is -2.28. The van der Waals surface area contributed by atoms with Crippen molar-refractivity contribution in [3.05, 3.63) is 65.0 Å². The molecule has 0 radical (unpaired) electrons. The molecule has 0 aromatic heterocycles. The van der Waals surface area contributed by atoms with Gasteiger partial charge in [-0.1, -0.05) is 39.8 Å². The van der Waals surface area contributed by atoms with Gasteiger partial charge in [0, 0.05) is 12.8 Å². The number of carbonyl (C=O) groups excluding carboxylic acids is 2. The highest BCUT2D eigenvalue weighted by atomic mass is 32.2. The first kappa shape index (κ1) is 29.8. The van der Waals surface area contributed by atoms with Crippen molar-refractivity contribution in [2.75, 3.05) is 24.4 Å². The molecule has 1 saturated heterocycles. The molecule has 5 nitrogen and oxygen atoms in total. The van der Waals surface area contributed by atoms with Crippen LogP contribution in [0.4, 0.5) is 10.1 Å². The Morgan fingerprint density at radius 2 is 1.83 bits per heavy atom. The number of methoxy groups -OCH3 is 1. The zero-order valence-electron chi connectivity index (χ0n) is 22.4. The van der Waals surface area contributed by atoms with Crippen molar-refractivity contribution in [1.29, 1.82) is 0 Å². The molecule has 2 atom stereocenters. The Hall–Kier alpha value is -2.38. The predicted octanol–water partition coefficient (Wildman–Crippen LogP) is 7.33. The van der Waals surface area contributed by atoms with Crippen LogP contribution in [0.3, 0.4) is 0 Å². The average Bonchev–Trinajstić information content (AvgIpc) is 3.24. The van der Waals surface area contributed by atoms with Gasteiger partial charge in [-0.25, -0.2) is 9.18 Å². The van der Waals surface area contributed by atoms with Crippen molar-refractivity contribution >= 4 is 29.3 Å². The van der Waals surface area contributed by atoms with E-state index in [0.29, 0.717) is 24.0 Å². The SMILES string of the molecule is CCC(CCC(C)C)OC.CCCOC(=O)c1ccc(N2C(=O)CSC2c2ccc(F)cc2)c(C)c1. The van der Waals surface area contributed by atoms with Gasteiger partial charge in [0.25, 0.3) is 0 Å². The number of anilines is 1. The van der Waals surface area contributed by atoms with Crippen LogP contribution in [0.1, 0.15) is 80.2 Å². The minimum atomic E-state index is -0.362. The first-order valence-corrected chi connectivity index (χ1v) is 13.8. The molecule has 0 bridgehead atoms. The van der Waals surface area contributed by atoms with E-state index in [2.05, 4.69) is 20.8 Å². The van der Waals surface area contributed by atoms with E-state index in [-0.39, 0.29) is 23.1 Å². The minimum absolute atomic E-state index is 0.00580. The van der Waals surface area contributed by atoms with Crippen molar-refractivity contribution in [3.63, 3.8) is 0 Å². The van der Waals surface area contributed by atoms with Gasteiger partial charge in [-0.3, -0.25) is 9.69 Å². The number of nitrogens with zero attached hydrogens (tertiary/aromatic N) is 1.